The van der Waals surface area contributed by atoms with Crippen LogP contribution in [0.1, 0.15) is 11.8 Å². The zero-order valence-corrected chi connectivity index (χ0v) is 15.5. The van der Waals surface area contributed by atoms with Crippen molar-refractivity contribution < 1.29 is 9.53 Å². The van der Waals surface area contributed by atoms with Gasteiger partial charge in [-0.2, -0.15) is 0 Å². The summed E-state index contributed by atoms with van der Waals surface area (Å²) >= 11 is 1.68. The van der Waals surface area contributed by atoms with E-state index in [2.05, 4.69) is 27.0 Å². The second kappa shape index (κ2) is 12.8. The van der Waals surface area contributed by atoms with Crippen LogP contribution in [0, 0.1) is 0 Å². The molecule has 1 amide bonds. The first-order valence-electron chi connectivity index (χ1n) is 6.56. The monoisotopic (exact) mass is 426 g/mol. The quantitative estimate of drug-likeness (QED) is 0.253. The lowest BCUT2D eigenvalue weighted by Crippen LogP contribution is -2.38. The molecule has 21 heavy (non-hydrogen) atoms. The van der Waals surface area contributed by atoms with Crippen molar-refractivity contribution in [3.63, 3.8) is 0 Å². The van der Waals surface area contributed by atoms with Gasteiger partial charge in [-0.25, -0.2) is 4.99 Å². The summed E-state index contributed by atoms with van der Waals surface area (Å²) in [7, 11) is 1.60. The van der Waals surface area contributed by atoms with Crippen molar-refractivity contribution in [1.82, 2.24) is 16.0 Å². The standard InChI is InChI=1S/C13H22N4O2S.HI/c1-3-14-13(16-9-11-5-4-8-20-11)17-10-12(18)15-6-7-19-2;/h4-5,8H,3,6-7,9-10H2,1-2H3,(H,15,18)(H2,14,16,17);1H. The van der Waals surface area contributed by atoms with Gasteiger partial charge in [0.2, 0.25) is 5.91 Å². The highest BCUT2D eigenvalue weighted by Gasteiger charge is 2.02. The number of carbonyl (C=O) groups is 1. The Morgan fingerprint density at radius 2 is 2.19 bits per heavy atom. The fourth-order valence-corrected chi connectivity index (χ4v) is 2.07. The van der Waals surface area contributed by atoms with E-state index in [-0.39, 0.29) is 36.4 Å². The molecule has 0 aliphatic heterocycles. The van der Waals surface area contributed by atoms with Crippen LogP contribution in [-0.4, -0.2) is 45.2 Å². The van der Waals surface area contributed by atoms with Crippen LogP contribution in [0.4, 0.5) is 0 Å². The highest BCUT2D eigenvalue weighted by atomic mass is 127. The maximum absolute atomic E-state index is 11.5. The number of nitrogens with zero attached hydrogens (tertiary/aromatic N) is 1. The Morgan fingerprint density at radius 1 is 1.38 bits per heavy atom. The molecule has 0 saturated heterocycles. The Bertz CT molecular complexity index is 412. The number of hydrogen-bond acceptors (Lipinski definition) is 4. The smallest absolute Gasteiger partial charge is 0.241 e. The molecule has 0 bridgehead atoms. The summed E-state index contributed by atoms with van der Waals surface area (Å²) in [4.78, 5) is 17.0. The molecule has 1 aromatic rings. The number of carbonyl (C=O) groups excluding carboxylic acids is 1. The van der Waals surface area contributed by atoms with E-state index in [1.54, 1.807) is 18.4 Å². The molecule has 0 saturated carbocycles. The topological polar surface area (TPSA) is 74.8 Å². The first-order valence-corrected chi connectivity index (χ1v) is 7.44. The summed E-state index contributed by atoms with van der Waals surface area (Å²) in [5, 5.41) is 11.1. The SMILES string of the molecule is CCNC(=NCC(=O)NCCOC)NCc1cccs1.I. The second-order valence-electron chi connectivity index (χ2n) is 3.97. The minimum absolute atomic E-state index is 0. The average Bonchev–Trinajstić information content (AvgIpc) is 2.95. The lowest BCUT2D eigenvalue weighted by Gasteiger charge is -2.10. The summed E-state index contributed by atoms with van der Waals surface area (Å²) in [5.74, 6) is 0.526. The van der Waals surface area contributed by atoms with Crippen molar-refractivity contribution in [3.05, 3.63) is 22.4 Å². The Labute approximate surface area is 146 Å². The lowest BCUT2D eigenvalue weighted by molar-refractivity contribution is -0.119. The predicted octanol–water partition coefficient (Wildman–Crippen LogP) is 1.18. The van der Waals surface area contributed by atoms with Crippen LogP contribution in [0.5, 0.6) is 0 Å². The van der Waals surface area contributed by atoms with Crippen LogP contribution in [0.15, 0.2) is 22.5 Å². The third-order valence-electron chi connectivity index (χ3n) is 2.36. The number of ether oxygens (including phenoxy) is 1. The summed E-state index contributed by atoms with van der Waals surface area (Å²) in [6.45, 7) is 4.55. The van der Waals surface area contributed by atoms with Gasteiger partial charge in [0.25, 0.3) is 0 Å². The zero-order chi connectivity index (χ0) is 14.6. The second-order valence-corrected chi connectivity index (χ2v) is 5.00. The number of guanidine groups is 1. The van der Waals surface area contributed by atoms with E-state index in [0.29, 0.717) is 25.7 Å². The number of aliphatic imine (C=N–C) groups is 1. The van der Waals surface area contributed by atoms with Crippen LogP contribution in [-0.2, 0) is 16.1 Å². The van der Waals surface area contributed by atoms with Crippen molar-refractivity contribution in [3.8, 4) is 0 Å². The van der Waals surface area contributed by atoms with Crippen LogP contribution in [0.2, 0.25) is 0 Å². The Kier molecular flexibility index (Phi) is 12.3. The number of rotatable bonds is 8. The third-order valence-corrected chi connectivity index (χ3v) is 3.24. The molecule has 0 aliphatic rings. The molecular weight excluding hydrogens is 403 g/mol. The largest absolute Gasteiger partial charge is 0.383 e. The van der Waals surface area contributed by atoms with E-state index in [9.17, 15) is 4.79 Å². The fraction of sp³-hybridized carbons (Fsp3) is 0.538. The molecule has 8 heteroatoms. The molecule has 120 valence electrons. The number of halogens is 1. The van der Waals surface area contributed by atoms with E-state index in [1.165, 1.54) is 4.88 Å². The Morgan fingerprint density at radius 3 is 2.81 bits per heavy atom. The molecule has 0 unspecified atom stereocenters. The zero-order valence-electron chi connectivity index (χ0n) is 12.3. The molecule has 1 rings (SSSR count). The summed E-state index contributed by atoms with van der Waals surface area (Å²) in [5.41, 5.74) is 0. The molecule has 0 fully saturated rings. The van der Waals surface area contributed by atoms with Crippen LogP contribution >= 0.6 is 35.3 Å². The Balaban J connectivity index is 0.00000400. The van der Waals surface area contributed by atoms with Gasteiger partial charge in [-0.1, -0.05) is 6.07 Å². The van der Waals surface area contributed by atoms with Crippen molar-refractivity contribution in [2.75, 3.05) is 33.4 Å². The van der Waals surface area contributed by atoms with Crippen molar-refractivity contribution in [1.29, 1.82) is 0 Å². The van der Waals surface area contributed by atoms with Crippen LogP contribution in [0.25, 0.3) is 0 Å². The van der Waals surface area contributed by atoms with Crippen molar-refractivity contribution >= 4 is 47.2 Å². The van der Waals surface area contributed by atoms with Crippen molar-refractivity contribution in [2.45, 2.75) is 13.5 Å². The number of amides is 1. The molecule has 6 nitrogen and oxygen atoms in total. The van der Waals surface area contributed by atoms with Gasteiger partial charge in [-0.15, -0.1) is 35.3 Å². The maximum Gasteiger partial charge on any atom is 0.241 e. The third kappa shape index (κ3) is 9.64. The van der Waals surface area contributed by atoms with Gasteiger partial charge in [0.1, 0.15) is 6.54 Å². The minimum Gasteiger partial charge on any atom is -0.383 e. The molecular formula is C13H23IN4O2S. The average molecular weight is 426 g/mol. The molecule has 0 aromatic carbocycles. The van der Waals surface area contributed by atoms with Gasteiger partial charge in [0.05, 0.1) is 13.2 Å². The van der Waals surface area contributed by atoms with Gasteiger partial charge in [-0.05, 0) is 18.4 Å². The van der Waals surface area contributed by atoms with Gasteiger partial charge in [-0.3, -0.25) is 4.79 Å². The van der Waals surface area contributed by atoms with Gasteiger partial charge in [0.15, 0.2) is 5.96 Å². The highest BCUT2D eigenvalue weighted by molar-refractivity contribution is 14.0. The number of nitrogens with one attached hydrogen (secondary N) is 3. The molecule has 0 atom stereocenters. The Hall–Kier alpha value is -0.870. The van der Waals surface area contributed by atoms with E-state index in [1.807, 2.05) is 18.4 Å². The summed E-state index contributed by atoms with van der Waals surface area (Å²) in [6.07, 6.45) is 0. The van der Waals surface area contributed by atoms with Crippen LogP contribution < -0.4 is 16.0 Å². The van der Waals surface area contributed by atoms with E-state index >= 15 is 0 Å². The number of methoxy groups -OCH3 is 1. The van der Waals surface area contributed by atoms with Gasteiger partial charge < -0.3 is 20.7 Å². The van der Waals surface area contributed by atoms with Gasteiger partial charge in [0, 0.05) is 25.1 Å². The molecule has 0 aliphatic carbocycles. The molecule has 1 aromatic heterocycles. The normalized spacial score (nSPS) is 10.7. The number of hydrogen-bond donors (Lipinski definition) is 3. The van der Waals surface area contributed by atoms with Crippen LogP contribution in [0.3, 0.4) is 0 Å². The number of thiophene rings is 1. The molecule has 1 heterocycles. The predicted molar refractivity (Wildman–Crippen MR) is 97.4 cm³/mol. The van der Waals surface area contributed by atoms with E-state index in [4.69, 9.17) is 4.74 Å². The molecule has 0 radical (unpaired) electrons. The van der Waals surface area contributed by atoms with E-state index < -0.39 is 0 Å². The maximum atomic E-state index is 11.5. The molecule has 3 N–H and O–H groups in total. The summed E-state index contributed by atoms with van der Waals surface area (Å²) < 4.78 is 4.86. The van der Waals surface area contributed by atoms with Crippen molar-refractivity contribution in [2.24, 2.45) is 4.99 Å². The first-order chi connectivity index (χ1) is 9.76. The molecule has 0 spiro atoms. The minimum atomic E-state index is -0.115. The van der Waals surface area contributed by atoms with Gasteiger partial charge >= 0.3 is 0 Å². The fourth-order valence-electron chi connectivity index (χ4n) is 1.43. The summed E-state index contributed by atoms with van der Waals surface area (Å²) in [6, 6.07) is 4.06. The highest BCUT2D eigenvalue weighted by Crippen LogP contribution is 2.06. The first kappa shape index (κ1) is 20.1. The lowest BCUT2D eigenvalue weighted by atomic mass is 10.4. The van der Waals surface area contributed by atoms with E-state index in [0.717, 1.165) is 6.54 Å².